The van der Waals surface area contributed by atoms with Crippen LogP contribution in [0.25, 0.3) is 22.3 Å². The number of aromatic nitrogens is 3. The highest BCUT2D eigenvalue weighted by molar-refractivity contribution is 5.80. The molecule has 4 heteroatoms. The van der Waals surface area contributed by atoms with Crippen molar-refractivity contribution in [2.75, 3.05) is 7.11 Å². The molecule has 0 aliphatic rings. The average Bonchev–Trinajstić information content (AvgIpc) is 2.47. The Morgan fingerprint density at radius 2 is 2.06 bits per heavy atom. The van der Waals surface area contributed by atoms with Crippen LogP contribution in [0.5, 0.6) is 5.75 Å². The lowest BCUT2D eigenvalue weighted by Gasteiger charge is -2.03. The lowest BCUT2D eigenvalue weighted by atomic mass is 10.2. The van der Waals surface area contributed by atoms with Crippen LogP contribution in [0, 0.1) is 0 Å². The molecule has 0 bridgehead atoms. The first kappa shape index (κ1) is 10.7. The zero-order valence-electron chi connectivity index (χ0n) is 9.87. The van der Waals surface area contributed by atoms with Gasteiger partial charge in [0.05, 0.1) is 12.6 Å². The van der Waals surface area contributed by atoms with E-state index < -0.39 is 0 Å². The van der Waals surface area contributed by atoms with Crippen molar-refractivity contribution in [2.45, 2.75) is 0 Å². The lowest BCUT2D eigenvalue weighted by Crippen LogP contribution is -1.91. The molecule has 0 unspecified atom stereocenters. The van der Waals surface area contributed by atoms with Crippen LogP contribution in [0.1, 0.15) is 0 Å². The van der Waals surface area contributed by atoms with E-state index in [0.717, 1.165) is 22.2 Å². The molecule has 0 amide bonds. The van der Waals surface area contributed by atoms with Gasteiger partial charge in [-0.1, -0.05) is 0 Å². The molecule has 3 rings (SSSR count). The molecule has 0 N–H and O–H groups in total. The van der Waals surface area contributed by atoms with E-state index in [-0.39, 0.29) is 0 Å². The summed E-state index contributed by atoms with van der Waals surface area (Å²) in [5.74, 6) is 1.49. The summed E-state index contributed by atoms with van der Waals surface area (Å²) in [6.45, 7) is 0. The Bertz CT molecular complexity index is 683. The summed E-state index contributed by atoms with van der Waals surface area (Å²) in [6.07, 6.45) is 5.29. The number of fused-ring (bicyclic) bond motifs is 1. The Morgan fingerprint density at radius 1 is 1.11 bits per heavy atom. The van der Waals surface area contributed by atoms with Crippen molar-refractivity contribution < 1.29 is 4.74 Å². The van der Waals surface area contributed by atoms with Gasteiger partial charge in [0, 0.05) is 29.5 Å². The van der Waals surface area contributed by atoms with Crippen LogP contribution < -0.4 is 4.74 Å². The van der Waals surface area contributed by atoms with E-state index in [2.05, 4.69) is 15.0 Å². The van der Waals surface area contributed by atoms with E-state index in [0.29, 0.717) is 5.82 Å². The molecule has 18 heavy (non-hydrogen) atoms. The molecule has 0 spiro atoms. The van der Waals surface area contributed by atoms with Crippen LogP contribution in [-0.4, -0.2) is 22.1 Å². The summed E-state index contributed by atoms with van der Waals surface area (Å²) in [4.78, 5) is 12.9. The zero-order valence-corrected chi connectivity index (χ0v) is 9.87. The minimum Gasteiger partial charge on any atom is -0.497 e. The fourth-order valence-electron chi connectivity index (χ4n) is 1.77. The highest BCUT2D eigenvalue weighted by Gasteiger charge is 2.03. The van der Waals surface area contributed by atoms with E-state index in [1.807, 2.05) is 30.3 Å². The second kappa shape index (κ2) is 4.41. The number of rotatable bonds is 2. The molecule has 2 aromatic heterocycles. The van der Waals surface area contributed by atoms with Gasteiger partial charge in [-0.25, -0.2) is 9.97 Å². The van der Waals surface area contributed by atoms with Crippen molar-refractivity contribution in [2.24, 2.45) is 0 Å². The second-order valence-corrected chi connectivity index (χ2v) is 3.86. The lowest BCUT2D eigenvalue weighted by molar-refractivity contribution is 0.415. The fraction of sp³-hybridized carbons (Fsp3) is 0.0714. The van der Waals surface area contributed by atoms with Crippen molar-refractivity contribution in [3.05, 3.63) is 48.9 Å². The minimum absolute atomic E-state index is 0.681. The topological polar surface area (TPSA) is 47.9 Å². The number of ether oxygens (including phenoxy) is 1. The summed E-state index contributed by atoms with van der Waals surface area (Å²) in [6, 6.07) is 9.55. The van der Waals surface area contributed by atoms with Gasteiger partial charge in [0.15, 0.2) is 5.82 Å². The summed E-state index contributed by atoms with van der Waals surface area (Å²) in [7, 11) is 1.64. The molecule has 0 atom stereocenters. The minimum atomic E-state index is 0.681. The van der Waals surface area contributed by atoms with Crippen molar-refractivity contribution in [3.63, 3.8) is 0 Å². The standard InChI is InChI=1S/C14H11N3O/c1-18-12-4-5-13-11(7-12)9-16-14(17-13)10-3-2-6-15-8-10/h2-9H,1H3. The number of nitrogens with zero attached hydrogens (tertiary/aromatic N) is 3. The molecule has 0 aliphatic heterocycles. The summed E-state index contributed by atoms with van der Waals surface area (Å²) in [5.41, 5.74) is 1.81. The van der Waals surface area contributed by atoms with Crippen LogP contribution in [-0.2, 0) is 0 Å². The normalized spacial score (nSPS) is 10.5. The molecule has 3 aromatic rings. The number of methoxy groups -OCH3 is 1. The molecule has 0 fully saturated rings. The molecular formula is C14H11N3O. The maximum Gasteiger partial charge on any atom is 0.161 e. The quantitative estimate of drug-likeness (QED) is 0.687. The Balaban J connectivity index is 2.12. The highest BCUT2D eigenvalue weighted by atomic mass is 16.5. The van der Waals surface area contributed by atoms with Crippen LogP contribution in [0.15, 0.2) is 48.9 Å². The van der Waals surface area contributed by atoms with Crippen molar-refractivity contribution in [1.29, 1.82) is 0 Å². The van der Waals surface area contributed by atoms with Gasteiger partial charge in [-0.15, -0.1) is 0 Å². The van der Waals surface area contributed by atoms with Gasteiger partial charge in [-0.2, -0.15) is 0 Å². The Labute approximate surface area is 104 Å². The molecule has 1 aromatic carbocycles. The first-order chi connectivity index (χ1) is 8.86. The number of benzene rings is 1. The summed E-state index contributed by atoms with van der Waals surface area (Å²) < 4.78 is 5.17. The number of pyridine rings is 1. The second-order valence-electron chi connectivity index (χ2n) is 3.86. The highest BCUT2D eigenvalue weighted by Crippen LogP contribution is 2.21. The van der Waals surface area contributed by atoms with Crippen LogP contribution in [0.3, 0.4) is 0 Å². The van der Waals surface area contributed by atoms with Gasteiger partial charge in [-0.3, -0.25) is 4.98 Å². The monoisotopic (exact) mass is 237 g/mol. The third kappa shape index (κ3) is 1.88. The maximum atomic E-state index is 5.17. The molecule has 0 radical (unpaired) electrons. The number of hydrogen-bond donors (Lipinski definition) is 0. The predicted molar refractivity (Wildman–Crippen MR) is 69.3 cm³/mol. The van der Waals surface area contributed by atoms with E-state index in [9.17, 15) is 0 Å². The van der Waals surface area contributed by atoms with E-state index in [4.69, 9.17) is 4.74 Å². The van der Waals surface area contributed by atoms with Gasteiger partial charge in [-0.05, 0) is 30.3 Å². The maximum absolute atomic E-state index is 5.17. The Kier molecular flexibility index (Phi) is 2.61. The smallest absolute Gasteiger partial charge is 0.161 e. The molecule has 0 saturated carbocycles. The summed E-state index contributed by atoms with van der Waals surface area (Å²) >= 11 is 0. The van der Waals surface area contributed by atoms with E-state index in [1.54, 1.807) is 25.7 Å². The average molecular weight is 237 g/mol. The largest absolute Gasteiger partial charge is 0.497 e. The molecule has 4 nitrogen and oxygen atoms in total. The van der Waals surface area contributed by atoms with Crippen molar-refractivity contribution in [3.8, 4) is 17.1 Å². The molecule has 2 heterocycles. The third-order valence-corrected chi connectivity index (χ3v) is 2.71. The SMILES string of the molecule is COc1ccc2nc(-c3cccnc3)ncc2c1. The summed E-state index contributed by atoms with van der Waals surface area (Å²) in [5, 5.41) is 0.960. The van der Waals surface area contributed by atoms with Crippen LogP contribution >= 0.6 is 0 Å². The van der Waals surface area contributed by atoms with Crippen molar-refractivity contribution >= 4 is 10.9 Å². The Hall–Kier alpha value is -2.49. The molecular weight excluding hydrogens is 226 g/mol. The third-order valence-electron chi connectivity index (χ3n) is 2.71. The predicted octanol–water partition coefficient (Wildman–Crippen LogP) is 2.70. The van der Waals surface area contributed by atoms with Gasteiger partial charge < -0.3 is 4.74 Å². The van der Waals surface area contributed by atoms with Gasteiger partial charge in [0.25, 0.3) is 0 Å². The van der Waals surface area contributed by atoms with Crippen LogP contribution in [0.2, 0.25) is 0 Å². The van der Waals surface area contributed by atoms with E-state index in [1.165, 1.54) is 0 Å². The zero-order chi connectivity index (χ0) is 12.4. The van der Waals surface area contributed by atoms with Gasteiger partial charge >= 0.3 is 0 Å². The van der Waals surface area contributed by atoms with Gasteiger partial charge in [0.1, 0.15) is 5.75 Å². The first-order valence-electron chi connectivity index (χ1n) is 5.58. The fourth-order valence-corrected chi connectivity index (χ4v) is 1.77. The first-order valence-corrected chi connectivity index (χ1v) is 5.58. The number of hydrogen-bond acceptors (Lipinski definition) is 4. The van der Waals surface area contributed by atoms with Crippen molar-refractivity contribution in [1.82, 2.24) is 15.0 Å². The molecule has 88 valence electrons. The van der Waals surface area contributed by atoms with Gasteiger partial charge in [0.2, 0.25) is 0 Å². The molecule has 0 aliphatic carbocycles. The van der Waals surface area contributed by atoms with E-state index >= 15 is 0 Å². The molecule has 0 saturated heterocycles. The van der Waals surface area contributed by atoms with Crippen LogP contribution in [0.4, 0.5) is 0 Å². The Morgan fingerprint density at radius 3 is 2.83 bits per heavy atom.